The molecular weight excluding hydrogens is 253 g/mol. The molecule has 2 nitrogen and oxygen atoms in total. The number of hydrogen-bond acceptors (Lipinski definition) is 2. The molecule has 0 heterocycles. The highest BCUT2D eigenvalue weighted by atomic mass is 127. The molecule has 60 valence electrons. The highest BCUT2D eigenvalue weighted by Crippen LogP contribution is 2.12. The fraction of sp³-hybridized carbons (Fsp3) is 0.250. The molecule has 0 aliphatic heterocycles. The Bertz CT molecular complexity index is 210. The van der Waals surface area contributed by atoms with Crippen LogP contribution in [-0.4, -0.2) is 11.0 Å². The summed E-state index contributed by atoms with van der Waals surface area (Å²) >= 11 is 2.27. The van der Waals surface area contributed by atoms with Crippen LogP contribution in [0.1, 0.15) is 0 Å². The quantitative estimate of drug-likeness (QED) is 0.515. The standard InChI is InChI=1S/C8H10INO/c9-5-6-11-8-3-1-7(10)2-4-8/h1-4H,5-6,10H2. The number of benzene rings is 1. The number of ether oxygens (including phenoxy) is 1. The van der Waals surface area contributed by atoms with E-state index in [1.54, 1.807) is 0 Å². The topological polar surface area (TPSA) is 35.2 Å². The maximum atomic E-state index is 5.50. The van der Waals surface area contributed by atoms with Gasteiger partial charge in [-0.05, 0) is 24.3 Å². The zero-order valence-electron chi connectivity index (χ0n) is 6.09. The molecule has 0 unspecified atom stereocenters. The molecule has 0 saturated heterocycles. The van der Waals surface area contributed by atoms with E-state index in [0.717, 1.165) is 22.5 Å². The van der Waals surface area contributed by atoms with Gasteiger partial charge in [-0.15, -0.1) is 0 Å². The van der Waals surface area contributed by atoms with E-state index in [-0.39, 0.29) is 0 Å². The second kappa shape index (κ2) is 4.43. The molecule has 2 N–H and O–H groups in total. The van der Waals surface area contributed by atoms with Crippen molar-refractivity contribution in [3.8, 4) is 5.75 Å². The van der Waals surface area contributed by atoms with E-state index < -0.39 is 0 Å². The number of hydrogen-bond donors (Lipinski definition) is 1. The highest BCUT2D eigenvalue weighted by Gasteiger charge is 1.90. The minimum absolute atomic E-state index is 0.754. The summed E-state index contributed by atoms with van der Waals surface area (Å²) in [5, 5.41) is 0. The van der Waals surface area contributed by atoms with E-state index >= 15 is 0 Å². The first-order valence-corrected chi connectivity index (χ1v) is 4.90. The molecule has 1 aromatic carbocycles. The first-order chi connectivity index (χ1) is 5.33. The van der Waals surface area contributed by atoms with Gasteiger partial charge in [0.2, 0.25) is 0 Å². The molecule has 11 heavy (non-hydrogen) atoms. The second-order valence-electron chi connectivity index (χ2n) is 2.11. The predicted octanol–water partition coefficient (Wildman–Crippen LogP) is 2.08. The van der Waals surface area contributed by atoms with E-state index in [0.29, 0.717) is 0 Å². The van der Waals surface area contributed by atoms with Crippen LogP contribution in [-0.2, 0) is 0 Å². The molecule has 0 bridgehead atoms. The lowest BCUT2D eigenvalue weighted by molar-refractivity contribution is 0.346. The summed E-state index contributed by atoms with van der Waals surface area (Å²) in [6.45, 7) is 0.754. The molecule has 0 aliphatic carbocycles. The van der Waals surface area contributed by atoms with E-state index in [4.69, 9.17) is 10.5 Å². The van der Waals surface area contributed by atoms with Crippen molar-refractivity contribution in [3.05, 3.63) is 24.3 Å². The van der Waals surface area contributed by atoms with E-state index in [1.165, 1.54) is 0 Å². The van der Waals surface area contributed by atoms with Gasteiger partial charge in [-0.2, -0.15) is 0 Å². The number of nitrogen functional groups attached to an aromatic ring is 1. The smallest absolute Gasteiger partial charge is 0.119 e. The van der Waals surface area contributed by atoms with Crippen LogP contribution >= 0.6 is 22.6 Å². The molecule has 1 aromatic rings. The normalized spacial score (nSPS) is 9.55. The van der Waals surface area contributed by atoms with Gasteiger partial charge in [0.15, 0.2) is 0 Å². The van der Waals surface area contributed by atoms with Gasteiger partial charge in [-0.25, -0.2) is 0 Å². The summed E-state index contributed by atoms with van der Waals surface area (Å²) < 4.78 is 6.35. The number of alkyl halides is 1. The Balaban J connectivity index is 2.52. The van der Waals surface area contributed by atoms with Crippen molar-refractivity contribution >= 4 is 28.3 Å². The average molecular weight is 263 g/mol. The molecule has 1 rings (SSSR count). The molecule has 0 radical (unpaired) electrons. The first kappa shape index (κ1) is 8.64. The van der Waals surface area contributed by atoms with Crippen LogP contribution in [0, 0.1) is 0 Å². The van der Waals surface area contributed by atoms with Crippen molar-refractivity contribution in [2.45, 2.75) is 0 Å². The van der Waals surface area contributed by atoms with E-state index in [2.05, 4.69) is 22.6 Å². The van der Waals surface area contributed by atoms with Crippen LogP contribution in [0.4, 0.5) is 5.69 Å². The summed E-state index contributed by atoms with van der Waals surface area (Å²) in [5.41, 5.74) is 6.27. The van der Waals surface area contributed by atoms with Crippen molar-refractivity contribution in [1.29, 1.82) is 0 Å². The Morgan fingerprint density at radius 1 is 1.27 bits per heavy atom. The Morgan fingerprint density at radius 2 is 1.91 bits per heavy atom. The lowest BCUT2D eigenvalue weighted by Crippen LogP contribution is -1.97. The van der Waals surface area contributed by atoms with Gasteiger partial charge in [-0.1, -0.05) is 22.6 Å². The van der Waals surface area contributed by atoms with Crippen molar-refractivity contribution in [1.82, 2.24) is 0 Å². The molecule has 0 fully saturated rings. The van der Waals surface area contributed by atoms with Crippen LogP contribution in [0.3, 0.4) is 0 Å². The zero-order chi connectivity index (χ0) is 8.10. The zero-order valence-corrected chi connectivity index (χ0v) is 8.24. The largest absolute Gasteiger partial charge is 0.493 e. The monoisotopic (exact) mass is 263 g/mol. The van der Waals surface area contributed by atoms with Gasteiger partial charge in [0.1, 0.15) is 5.75 Å². The average Bonchev–Trinajstić information content (AvgIpc) is 2.04. The van der Waals surface area contributed by atoms with Crippen molar-refractivity contribution in [2.24, 2.45) is 0 Å². The summed E-state index contributed by atoms with van der Waals surface area (Å²) in [4.78, 5) is 0. The summed E-state index contributed by atoms with van der Waals surface area (Å²) in [6.07, 6.45) is 0. The Morgan fingerprint density at radius 3 is 2.45 bits per heavy atom. The maximum Gasteiger partial charge on any atom is 0.119 e. The van der Waals surface area contributed by atoms with Gasteiger partial charge < -0.3 is 10.5 Å². The number of anilines is 1. The van der Waals surface area contributed by atoms with Gasteiger partial charge in [0.05, 0.1) is 6.61 Å². The minimum Gasteiger partial charge on any atom is -0.493 e. The molecule has 0 atom stereocenters. The fourth-order valence-corrected chi connectivity index (χ4v) is 0.941. The molecule has 0 spiro atoms. The molecule has 0 aromatic heterocycles. The van der Waals surface area contributed by atoms with Gasteiger partial charge in [0.25, 0.3) is 0 Å². The predicted molar refractivity (Wildman–Crippen MR) is 55.2 cm³/mol. The molecule has 0 saturated carbocycles. The lowest BCUT2D eigenvalue weighted by Gasteiger charge is -2.02. The minimum atomic E-state index is 0.754. The SMILES string of the molecule is Nc1ccc(OCCI)cc1. The summed E-state index contributed by atoms with van der Waals surface area (Å²) in [6, 6.07) is 7.42. The van der Waals surface area contributed by atoms with Crippen LogP contribution in [0.2, 0.25) is 0 Å². The van der Waals surface area contributed by atoms with E-state index in [9.17, 15) is 0 Å². The Labute approximate surface area is 79.9 Å². The van der Waals surface area contributed by atoms with Crippen molar-refractivity contribution < 1.29 is 4.74 Å². The second-order valence-corrected chi connectivity index (χ2v) is 3.19. The van der Waals surface area contributed by atoms with Crippen molar-refractivity contribution in [3.63, 3.8) is 0 Å². The van der Waals surface area contributed by atoms with Crippen LogP contribution in [0.25, 0.3) is 0 Å². The third kappa shape index (κ3) is 2.96. The number of nitrogens with two attached hydrogens (primary N) is 1. The van der Waals surface area contributed by atoms with Gasteiger partial charge >= 0.3 is 0 Å². The highest BCUT2D eigenvalue weighted by molar-refractivity contribution is 14.1. The fourth-order valence-electron chi connectivity index (χ4n) is 0.720. The number of halogens is 1. The van der Waals surface area contributed by atoms with Crippen molar-refractivity contribution in [2.75, 3.05) is 16.8 Å². The van der Waals surface area contributed by atoms with Crippen LogP contribution < -0.4 is 10.5 Å². The molecule has 0 aliphatic rings. The third-order valence-corrected chi connectivity index (χ3v) is 1.67. The summed E-state index contributed by atoms with van der Waals surface area (Å²) in [7, 11) is 0. The Kier molecular flexibility index (Phi) is 3.48. The van der Waals surface area contributed by atoms with Gasteiger partial charge in [-0.3, -0.25) is 0 Å². The Hall–Kier alpha value is -0.450. The van der Waals surface area contributed by atoms with Crippen LogP contribution in [0.5, 0.6) is 5.75 Å². The van der Waals surface area contributed by atoms with Crippen LogP contribution in [0.15, 0.2) is 24.3 Å². The third-order valence-electron chi connectivity index (χ3n) is 1.23. The lowest BCUT2D eigenvalue weighted by atomic mass is 10.3. The molecule has 3 heteroatoms. The summed E-state index contributed by atoms with van der Waals surface area (Å²) in [5.74, 6) is 0.885. The molecule has 0 amide bonds. The van der Waals surface area contributed by atoms with E-state index in [1.807, 2.05) is 24.3 Å². The maximum absolute atomic E-state index is 5.50. The molecular formula is C8H10INO. The first-order valence-electron chi connectivity index (χ1n) is 3.37. The number of rotatable bonds is 3. The van der Waals surface area contributed by atoms with Gasteiger partial charge in [0, 0.05) is 10.1 Å².